The van der Waals surface area contributed by atoms with Gasteiger partial charge >= 0.3 is 5.69 Å². The van der Waals surface area contributed by atoms with E-state index < -0.39 is 4.92 Å². The molecule has 0 bridgehead atoms. The molecule has 0 aromatic carbocycles. The van der Waals surface area contributed by atoms with Crippen LogP contribution in [0.5, 0.6) is 0 Å². The van der Waals surface area contributed by atoms with Crippen LogP contribution in [0.2, 0.25) is 0 Å². The first-order valence-electron chi connectivity index (χ1n) is 7.04. The molecule has 7 heteroatoms. The summed E-state index contributed by atoms with van der Waals surface area (Å²) in [5.74, 6) is 0.288. The average Bonchev–Trinajstić information content (AvgIpc) is 2.34. The normalized spacial score (nSPS) is 12.2. The third-order valence-electron chi connectivity index (χ3n) is 3.14. The summed E-state index contributed by atoms with van der Waals surface area (Å²) in [5, 5.41) is 14.3. The summed E-state index contributed by atoms with van der Waals surface area (Å²) in [5.41, 5.74) is 5.79. The van der Waals surface area contributed by atoms with Crippen LogP contribution in [0.3, 0.4) is 0 Å². The van der Waals surface area contributed by atoms with E-state index in [1.165, 1.54) is 0 Å². The number of unbranched alkanes of at least 4 members (excludes halogenated alkanes) is 1. The molecule has 1 rings (SSSR count). The zero-order chi connectivity index (χ0) is 15.1. The van der Waals surface area contributed by atoms with Crippen LogP contribution in [0.1, 0.15) is 51.6 Å². The quantitative estimate of drug-likeness (QED) is 0.560. The minimum absolute atomic E-state index is 0.0568. The van der Waals surface area contributed by atoms with Crippen molar-refractivity contribution in [3.63, 3.8) is 0 Å². The highest BCUT2D eigenvalue weighted by Crippen LogP contribution is 2.27. The van der Waals surface area contributed by atoms with Crippen molar-refractivity contribution in [3.8, 4) is 0 Å². The van der Waals surface area contributed by atoms with Gasteiger partial charge in [0.2, 0.25) is 11.8 Å². The van der Waals surface area contributed by atoms with E-state index in [9.17, 15) is 10.1 Å². The van der Waals surface area contributed by atoms with Crippen LogP contribution >= 0.6 is 0 Å². The molecule has 0 aliphatic heterocycles. The van der Waals surface area contributed by atoms with Crippen molar-refractivity contribution in [2.24, 2.45) is 0 Å². The Morgan fingerprint density at radius 3 is 2.55 bits per heavy atom. The molecule has 0 fully saturated rings. The number of rotatable bonds is 8. The summed E-state index contributed by atoms with van der Waals surface area (Å²) in [6, 6.07) is 0.173. The van der Waals surface area contributed by atoms with Gasteiger partial charge in [-0.2, -0.15) is 4.98 Å². The molecule has 112 valence electrons. The Morgan fingerprint density at radius 1 is 1.30 bits per heavy atom. The lowest BCUT2D eigenvalue weighted by Crippen LogP contribution is -2.21. The fourth-order valence-corrected chi connectivity index (χ4v) is 2.19. The molecule has 1 aromatic heterocycles. The number of hydrogen-bond donors (Lipinski definition) is 2. The number of anilines is 2. The van der Waals surface area contributed by atoms with Gasteiger partial charge in [0.1, 0.15) is 5.69 Å². The van der Waals surface area contributed by atoms with Gasteiger partial charge in [0.05, 0.1) is 4.92 Å². The molecule has 1 aromatic rings. The Kier molecular flexibility index (Phi) is 6.14. The smallest absolute Gasteiger partial charge is 0.332 e. The Bertz CT molecular complexity index is 464. The van der Waals surface area contributed by atoms with E-state index in [1.807, 2.05) is 0 Å². The molecule has 1 atom stereocenters. The number of nitrogens with two attached hydrogens (primary N) is 1. The fourth-order valence-electron chi connectivity index (χ4n) is 2.19. The molecule has 1 unspecified atom stereocenters. The second-order valence-electron chi connectivity index (χ2n) is 4.89. The SMILES string of the molecule is CCCCC(CCC)Nc1nc(N)nc(C)c1[N+](=O)[O-]. The molecule has 0 amide bonds. The van der Waals surface area contributed by atoms with Gasteiger partial charge in [-0.05, 0) is 19.8 Å². The predicted molar refractivity (Wildman–Crippen MR) is 79.7 cm³/mol. The highest BCUT2D eigenvalue weighted by molar-refractivity contribution is 5.60. The van der Waals surface area contributed by atoms with Crippen molar-refractivity contribution >= 4 is 17.5 Å². The van der Waals surface area contributed by atoms with Gasteiger partial charge in [0.15, 0.2) is 0 Å². The van der Waals surface area contributed by atoms with Crippen LogP contribution in [-0.4, -0.2) is 20.9 Å². The van der Waals surface area contributed by atoms with E-state index in [-0.39, 0.29) is 29.2 Å². The molecule has 0 saturated heterocycles. The summed E-state index contributed by atoms with van der Waals surface area (Å²) in [7, 11) is 0. The van der Waals surface area contributed by atoms with E-state index in [2.05, 4.69) is 29.1 Å². The molecule has 1 heterocycles. The monoisotopic (exact) mass is 281 g/mol. The molecule has 3 N–H and O–H groups in total. The highest BCUT2D eigenvalue weighted by Gasteiger charge is 2.23. The summed E-state index contributed by atoms with van der Waals surface area (Å²) in [6.07, 6.45) is 5.08. The molecule has 0 spiro atoms. The molecule has 20 heavy (non-hydrogen) atoms. The van der Waals surface area contributed by atoms with Gasteiger partial charge in [-0.1, -0.05) is 33.1 Å². The minimum atomic E-state index is -0.458. The van der Waals surface area contributed by atoms with Gasteiger partial charge in [-0.25, -0.2) is 4.98 Å². The van der Waals surface area contributed by atoms with Crippen molar-refractivity contribution in [3.05, 3.63) is 15.8 Å². The maximum atomic E-state index is 11.2. The predicted octanol–water partition coefficient (Wildman–Crippen LogP) is 3.05. The molecular weight excluding hydrogens is 258 g/mol. The maximum Gasteiger partial charge on any atom is 0.332 e. The standard InChI is InChI=1S/C13H23N5O2/c1-4-6-8-10(7-5-2)16-12-11(18(19)20)9(3)15-13(14)17-12/h10H,4-8H2,1-3H3,(H3,14,15,16,17). The van der Waals surface area contributed by atoms with E-state index >= 15 is 0 Å². The number of aromatic nitrogens is 2. The van der Waals surface area contributed by atoms with E-state index in [4.69, 9.17) is 5.73 Å². The maximum absolute atomic E-state index is 11.2. The number of nitrogen functional groups attached to an aromatic ring is 1. The molecule has 0 saturated carbocycles. The van der Waals surface area contributed by atoms with Crippen LogP contribution in [0, 0.1) is 17.0 Å². The molecule has 0 aliphatic rings. The number of aryl methyl sites for hydroxylation is 1. The Balaban J connectivity index is 3.01. The third kappa shape index (κ3) is 4.32. The Labute approximate surface area is 119 Å². The largest absolute Gasteiger partial charge is 0.368 e. The van der Waals surface area contributed by atoms with Crippen LogP contribution in [0.4, 0.5) is 17.5 Å². The van der Waals surface area contributed by atoms with Crippen LogP contribution in [0.25, 0.3) is 0 Å². The van der Waals surface area contributed by atoms with Crippen molar-refractivity contribution in [2.75, 3.05) is 11.1 Å². The van der Waals surface area contributed by atoms with E-state index in [0.717, 1.165) is 32.1 Å². The summed E-state index contributed by atoms with van der Waals surface area (Å²) in [6.45, 7) is 5.79. The number of nitro groups is 1. The lowest BCUT2D eigenvalue weighted by atomic mass is 10.1. The highest BCUT2D eigenvalue weighted by atomic mass is 16.6. The van der Waals surface area contributed by atoms with Crippen LogP contribution < -0.4 is 11.1 Å². The third-order valence-corrected chi connectivity index (χ3v) is 3.14. The average molecular weight is 281 g/mol. The molecule has 0 aliphatic carbocycles. The van der Waals surface area contributed by atoms with Gasteiger partial charge in [0.25, 0.3) is 0 Å². The summed E-state index contributed by atoms with van der Waals surface area (Å²) >= 11 is 0. The van der Waals surface area contributed by atoms with Crippen molar-refractivity contribution < 1.29 is 4.92 Å². The fraction of sp³-hybridized carbons (Fsp3) is 0.692. The first-order valence-corrected chi connectivity index (χ1v) is 7.04. The van der Waals surface area contributed by atoms with Gasteiger partial charge in [0, 0.05) is 6.04 Å². The molecule has 0 radical (unpaired) electrons. The molecule has 7 nitrogen and oxygen atoms in total. The lowest BCUT2D eigenvalue weighted by molar-refractivity contribution is -0.385. The van der Waals surface area contributed by atoms with Crippen LogP contribution in [-0.2, 0) is 0 Å². The Morgan fingerprint density at radius 2 is 2.00 bits per heavy atom. The summed E-state index contributed by atoms with van der Waals surface area (Å²) in [4.78, 5) is 18.5. The molecular formula is C13H23N5O2. The lowest BCUT2D eigenvalue weighted by Gasteiger charge is -2.18. The van der Waals surface area contributed by atoms with Gasteiger partial charge < -0.3 is 11.1 Å². The van der Waals surface area contributed by atoms with Crippen LogP contribution in [0.15, 0.2) is 0 Å². The number of nitrogens with one attached hydrogen (secondary N) is 1. The second-order valence-corrected chi connectivity index (χ2v) is 4.89. The second kappa shape index (κ2) is 7.62. The first kappa shape index (κ1) is 16.1. The van der Waals surface area contributed by atoms with Crippen molar-refractivity contribution in [1.29, 1.82) is 0 Å². The zero-order valence-corrected chi connectivity index (χ0v) is 12.3. The number of hydrogen-bond acceptors (Lipinski definition) is 6. The van der Waals surface area contributed by atoms with Crippen molar-refractivity contribution in [1.82, 2.24) is 9.97 Å². The minimum Gasteiger partial charge on any atom is -0.368 e. The van der Waals surface area contributed by atoms with E-state index in [0.29, 0.717) is 0 Å². The summed E-state index contributed by atoms with van der Waals surface area (Å²) < 4.78 is 0. The van der Waals surface area contributed by atoms with E-state index in [1.54, 1.807) is 6.92 Å². The van der Waals surface area contributed by atoms with Gasteiger partial charge in [-0.3, -0.25) is 10.1 Å². The topological polar surface area (TPSA) is 107 Å². The Hall–Kier alpha value is -1.92. The van der Waals surface area contributed by atoms with Crippen molar-refractivity contribution in [2.45, 2.75) is 58.9 Å². The van der Waals surface area contributed by atoms with Gasteiger partial charge in [-0.15, -0.1) is 0 Å². The number of nitrogens with zero attached hydrogens (tertiary/aromatic N) is 3. The zero-order valence-electron chi connectivity index (χ0n) is 12.3. The first-order chi connectivity index (χ1) is 9.49.